The van der Waals surface area contributed by atoms with Crippen LogP contribution in [0.2, 0.25) is 0 Å². The molecule has 0 bridgehead atoms. The van der Waals surface area contributed by atoms with Gasteiger partial charge in [0.1, 0.15) is 5.82 Å². The molecule has 2 rings (SSSR count). The van der Waals surface area contributed by atoms with Crippen LogP contribution in [0.15, 0.2) is 24.3 Å². The van der Waals surface area contributed by atoms with Crippen molar-refractivity contribution in [3.8, 4) is 0 Å². The molecule has 1 N–H and O–H groups in total. The fourth-order valence-corrected chi connectivity index (χ4v) is 3.43. The van der Waals surface area contributed by atoms with Crippen LogP contribution in [0.4, 0.5) is 4.39 Å². The first-order valence-corrected chi connectivity index (χ1v) is 8.82. The van der Waals surface area contributed by atoms with E-state index < -0.39 is 5.97 Å². The third-order valence-corrected chi connectivity index (χ3v) is 4.96. The van der Waals surface area contributed by atoms with Crippen LogP contribution in [0.3, 0.4) is 0 Å². The van der Waals surface area contributed by atoms with Gasteiger partial charge in [0.05, 0.1) is 6.54 Å². The number of rotatable bonds is 6. The van der Waals surface area contributed by atoms with Crippen LogP contribution in [0.5, 0.6) is 0 Å². The zero-order valence-electron chi connectivity index (χ0n) is 14.9. The van der Waals surface area contributed by atoms with Gasteiger partial charge in [-0.2, -0.15) is 0 Å². The Morgan fingerprint density at radius 2 is 2.12 bits per heavy atom. The molecule has 0 spiro atoms. The molecule has 1 fully saturated rings. The second-order valence-electron chi connectivity index (χ2n) is 6.93. The molecule has 1 aliphatic heterocycles. The molecule has 0 radical (unpaired) electrons. The van der Waals surface area contributed by atoms with E-state index in [0.717, 1.165) is 24.8 Å². The van der Waals surface area contributed by atoms with E-state index in [1.165, 1.54) is 12.1 Å². The number of carbonyl (C=O) groups is 2. The second-order valence-corrected chi connectivity index (χ2v) is 6.93. The Kier molecular flexibility index (Phi) is 6.93. The first-order valence-electron chi connectivity index (χ1n) is 8.82. The van der Waals surface area contributed by atoms with Crippen LogP contribution in [0.25, 0.3) is 0 Å². The quantitative estimate of drug-likeness (QED) is 0.857. The van der Waals surface area contributed by atoms with Gasteiger partial charge in [-0.1, -0.05) is 19.1 Å². The van der Waals surface area contributed by atoms with Crippen molar-refractivity contribution in [3.05, 3.63) is 35.6 Å². The van der Waals surface area contributed by atoms with Gasteiger partial charge in [0.2, 0.25) is 5.91 Å². The van der Waals surface area contributed by atoms with Crippen LogP contribution in [0.1, 0.15) is 44.1 Å². The minimum absolute atomic E-state index is 0.0230. The number of amides is 1. The van der Waals surface area contributed by atoms with E-state index in [1.54, 1.807) is 6.07 Å². The van der Waals surface area contributed by atoms with Gasteiger partial charge in [-0.05, 0) is 49.9 Å². The van der Waals surface area contributed by atoms with Crippen LogP contribution in [-0.4, -0.2) is 59.5 Å². The topological polar surface area (TPSA) is 60.9 Å². The van der Waals surface area contributed by atoms with Crippen LogP contribution < -0.4 is 0 Å². The first kappa shape index (κ1) is 19.4. The van der Waals surface area contributed by atoms with Gasteiger partial charge in [0.25, 0.3) is 0 Å². The van der Waals surface area contributed by atoms with E-state index in [2.05, 4.69) is 0 Å². The van der Waals surface area contributed by atoms with Crippen molar-refractivity contribution in [2.75, 3.05) is 26.7 Å². The summed E-state index contributed by atoms with van der Waals surface area (Å²) in [6, 6.07) is 6.59. The van der Waals surface area contributed by atoms with Gasteiger partial charge >= 0.3 is 5.97 Å². The number of aliphatic carboxylic acids is 1. The third-order valence-electron chi connectivity index (χ3n) is 4.96. The highest BCUT2D eigenvalue weighted by Crippen LogP contribution is 2.22. The lowest BCUT2D eigenvalue weighted by atomic mass is 9.97. The summed E-state index contributed by atoms with van der Waals surface area (Å²) in [5.74, 6) is -1.06. The Morgan fingerprint density at radius 1 is 1.36 bits per heavy atom. The van der Waals surface area contributed by atoms with Crippen LogP contribution in [-0.2, 0) is 9.59 Å². The van der Waals surface area contributed by atoms with Crippen molar-refractivity contribution in [1.29, 1.82) is 0 Å². The predicted molar refractivity (Wildman–Crippen MR) is 93.9 cm³/mol. The molecule has 1 amide bonds. The Morgan fingerprint density at radius 3 is 2.80 bits per heavy atom. The lowest BCUT2D eigenvalue weighted by Gasteiger charge is -2.26. The number of hydrogen-bond donors (Lipinski definition) is 1. The summed E-state index contributed by atoms with van der Waals surface area (Å²) in [6.45, 7) is 3.30. The summed E-state index contributed by atoms with van der Waals surface area (Å²) in [5, 5.41) is 8.92. The lowest BCUT2D eigenvalue weighted by molar-refractivity contribution is -0.138. The molecule has 1 saturated heterocycles. The number of likely N-dealkylation sites (tertiary alicyclic amines) is 1. The van der Waals surface area contributed by atoms with E-state index in [-0.39, 0.29) is 30.2 Å². The molecule has 5 nitrogen and oxygen atoms in total. The van der Waals surface area contributed by atoms with Crippen LogP contribution in [0, 0.1) is 5.82 Å². The van der Waals surface area contributed by atoms with Gasteiger partial charge in [0.15, 0.2) is 0 Å². The highest BCUT2D eigenvalue weighted by atomic mass is 19.1. The van der Waals surface area contributed by atoms with Crippen molar-refractivity contribution in [2.24, 2.45) is 0 Å². The molecule has 0 aliphatic carbocycles. The number of carboxylic acids is 1. The smallest absolute Gasteiger partial charge is 0.317 e. The highest BCUT2D eigenvalue weighted by molar-refractivity contribution is 5.77. The van der Waals surface area contributed by atoms with Gasteiger partial charge < -0.3 is 10.0 Å². The number of likely N-dealkylation sites (N-methyl/N-ethyl adjacent to an activating group) is 1. The predicted octanol–water partition coefficient (Wildman–Crippen LogP) is 2.72. The maximum atomic E-state index is 13.3. The number of nitrogens with zero attached hydrogens (tertiary/aromatic N) is 2. The fraction of sp³-hybridized carbons (Fsp3) is 0.579. The van der Waals surface area contributed by atoms with Gasteiger partial charge in [-0.15, -0.1) is 0 Å². The monoisotopic (exact) mass is 350 g/mol. The number of benzene rings is 1. The fourth-order valence-electron chi connectivity index (χ4n) is 3.43. The summed E-state index contributed by atoms with van der Waals surface area (Å²) < 4.78 is 13.3. The van der Waals surface area contributed by atoms with Gasteiger partial charge in [-0.25, -0.2) is 4.39 Å². The molecule has 2 atom stereocenters. The second kappa shape index (κ2) is 8.94. The Hall–Kier alpha value is -1.95. The first-order chi connectivity index (χ1) is 11.9. The molecule has 6 heteroatoms. The molecule has 25 heavy (non-hydrogen) atoms. The Bertz CT molecular complexity index is 608. The molecular formula is C19H27FN2O3. The number of carboxylic acid groups (broad SMARTS) is 1. The van der Waals surface area contributed by atoms with Gasteiger partial charge in [-0.3, -0.25) is 14.5 Å². The molecule has 2 unspecified atom stereocenters. The zero-order chi connectivity index (χ0) is 18.4. The van der Waals surface area contributed by atoms with E-state index in [9.17, 15) is 14.0 Å². The van der Waals surface area contributed by atoms with Crippen LogP contribution >= 0.6 is 0 Å². The summed E-state index contributed by atoms with van der Waals surface area (Å²) in [6.07, 6.45) is 2.91. The maximum absolute atomic E-state index is 13.3. The SMILES string of the molecule is CC(CC(=O)N1CCCC(N(C)CC(=O)O)CC1)c1cccc(F)c1. The third kappa shape index (κ3) is 5.81. The lowest BCUT2D eigenvalue weighted by Crippen LogP contribution is -2.37. The zero-order valence-corrected chi connectivity index (χ0v) is 14.9. The molecule has 138 valence electrons. The van der Waals surface area contributed by atoms with E-state index in [4.69, 9.17) is 5.11 Å². The number of halogens is 1. The largest absolute Gasteiger partial charge is 0.480 e. The number of carbonyl (C=O) groups excluding carboxylic acids is 1. The molecule has 1 aliphatic rings. The van der Waals surface area contributed by atoms with E-state index >= 15 is 0 Å². The molecule has 1 aromatic rings. The minimum Gasteiger partial charge on any atom is -0.480 e. The molecule has 1 aromatic carbocycles. The maximum Gasteiger partial charge on any atom is 0.317 e. The van der Waals surface area contributed by atoms with Crippen molar-refractivity contribution in [2.45, 2.75) is 44.6 Å². The normalized spacial score (nSPS) is 19.5. The standard InChI is InChI=1S/C19H27FN2O3/c1-14(15-5-3-6-16(20)12-15)11-18(23)22-9-4-7-17(8-10-22)21(2)13-19(24)25/h3,5-6,12,14,17H,4,7-11,13H2,1-2H3,(H,24,25). The summed E-state index contributed by atoms with van der Waals surface area (Å²) >= 11 is 0. The molecule has 1 heterocycles. The van der Waals surface area contributed by atoms with Crippen molar-refractivity contribution < 1.29 is 19.1 Å². The Labute approximate surface area is 148 Å². The van der Waals surface area contributed by atoms with E-state index in [0.29, 0.717) is 19.5 Å². The van der Waals surface area contributed by atoms with Crippen molar-refractivity contribution >= 4 is 11.9 Å². The summed E-state index contributed by atoms with van der Waals surface area (Å²) in [7, 11) is 1.82. The molecule has 0 saturated carbocycles. The average molecular weight is 350 g/mol. The van der Waals surface area contributed by atoms with Crippen molar-refractivity contribution in [3.63, 3.8) is 0 Å². The van der Waals surface area contributed by atoms with E-state index in [1.807, 2.05) is 29.8 Å². The summed E-state index contributed by atoms with van der Waals surface area (Å²) in [5.41, 5.74) is 0.835. The van der Waals surface area contributed by atoms with Gasteiger partial charge in [0, 0.05) is 25.6 Å². The average Bonchev–Trinajstić information content (AvgIpc) is 2.80. The summed E-state index contributed by atoms with van der Waals surface area (Å²) in [4.78, 5) is 27.2. The number of hydrogen-bond acceptors (Lipinski definition) is 3. The molecular weight excluding hydrogens is 323 g/mol. The minimum atomic E-state index is -0.830. The molecule has 0 aromatic heterocycles. The Balaban J connectivity index is 1.89. The van der Waals surface area contributed by atoms with Crippen molar-refractivity contribution in [1.82, 2.24) is 9.80 Å². The highest BCUT2D eigenvalue weighted by Gasteiger charge is 2.25.